The third kappa shape index (κ3) is 6.25. The topological polar surface area (TPSA) is 72.5 Å². The molecule has 0 aromatic carbocycles. The van der Waals surface area contributed by atoms with E-state index in [1.54, 1.807) is 13.8 Å². The molecule has 0 unspecified atom stereocenters. The molecule has 0 radical (unpaired) electrons. The molecule has 8 heteroatoms. The first-order chi connectivity index (χ1) is 9.96. The smallest absolute Gasteiger partial charge is 0.405 e. The van der Waals surface area contributed by atoms with Gasteiger partial charge in [-0.3, -0.25) is 0 Å². The highest BCUT2D eigenvalue weighted by Gasteiger charge is 2.44. The Morgan fingerprint density at radius 1 is 1.10 bits per heavy atom. The molecule has 0 aliphatic carbocycles. The molecule has 0 saturated carbocycles. The number of ether oxygens (including phenoxy) is 3. The highest BCUT2D eigenvalue weighted by Crippen LogP contribution is 2.27. The van der Waals surface area contributed by atoms with Crippen LogP contribution in [0, 0.1) is 0 Å². The lowest BCUT2D eigenvalue weighted by molar-refractivity contribution is -0.360. The van der Waals surface area contributed by atoms with Crippen molar-refractivity contribution < 1.29 is 32.3 Å². The van der Waals surface area contributed by atoms with E-state index in [4.69, 9.17) is 27.5 Å². The van der Waals surface area contributed by atoms with E-state index in [1.165, 1.54) is 21.3 Å². The number of hydrogen-bond acceptors (Lipinski definition) is 7. The van der Waals surface area contributed by atoms with Gasteiger partial charge in [-0.25, -0.2) is 4.79 Å². The zero-order valence-corrected chi connectivity index (χ0v) is 14.5. The van der Waals surface area contributed by atoms with Gasteiger partial charge in [-0.15, -0.1) is 0 Å². The van der Waals surface area contributed by atoms with Crippen LogP contribution < -0.4 is 0 Å². The van der Waals surface area contributed by atoms with Crippen LogP contribution in [0.1, 0.15) is 20.3 Å². The second-order valence-corrected chi connectivity index (χ2v) is 7.06. The maximum absolute atomic E-state index is 11.5. The predicted molar refractivity (Wildman–Crippen MR) is 78.5 cm³/mol. The van der Waals surface area contributed by atoms with Crippen LogP contribution in [0.5, 0.6) is 0 Å². The van der Waals surface area contributed by atoms with Gasteiger partial charge in [-0.05, 0) is 13.8 Å². The molecule has 0 amide bonds. The highest BCUT2D eigenvalue weighted by molar-refractivity contribution is 6.60. The Hall–Kier alpha value is -0.773. The Labute approximate surface area is 127 Å². The summed E-state index contributed by atoms with van der Waals surface area (Å²) in [6.07, 6.45) is 1.27. The van der Waals surface area contributed by atoms with E-state index in [0.29, 0.717) is 19.3 Å². The lowest BCUT2D eigenvalue weighted by Gasteiger charge is -2.34. The predicted octanol–water partition coefficient (Wildman–Crippen LogP) is 1.71. The maximum Gasteiger partial charge on any atom is 0.500 e. The van der Waals surface area contributed by atoms with Crippen LogP contribution in [0.25, 0.3) is 0 Å². The van der Waals surface area contributed by atoms with Crippen LogP contribution in [0.4, 0.5) is 0 Å². The summed E-state index contributed by atoms with van der Waals surface area (Å²) in [7, 11) is 1.71. The standard InChI is InChI=1S/C13H26O7Si/c1-7-12(14)20-13(18-8-2,19-9-3)10-11-21(15-4,16-5)17-6/h7H,1,8-11H2,2-6H3. The summed E-state index contributed by atoms with van der Waals surface area (Å²) in [5, 5.41) is 0. The third-order valence-electron chi connectivity index (χ3n) is 2.82. The van der Waals surface area contributed by atoms with Gasteiger partial charge in [0.15, 0.2) is 0 Å². The zero-order chi connectivity index (χ0) is 16.4. The number of hydrogen-bond donors (Lipinski definition) is 0. The van der Waals surface area contributed by atoms with Gasteiger partial charge in [0.2, 0.25) is 0 Å². The normalized spacial score (nSPS) is 12.2. The fourth-order valence-electron chi connectivity index (χ4n) is 1.79. The van der Waals surface area contributed by atoms with Crippen molar-refractivity contribution in [3.63, 3.8) is 0 Å². The molecule has 0 aliphatic rings. The number of rotatable bonds is 12. The molecule has 0 N–H and O–H groups in total. The summed E-state index contributed by atoms with van der Waals surface area (Å²) in [6.45, 7) is 7.56. The SMILES string of the molecule is C=CC(=O)OC(CC[Si](OC)(OC)OC)(OCC)OCC. The van der Waals surface area contributed by atoms with Crippen LogP contribution in [0.3, 0.4) is 0 Å². The summed E-state index contributed by atoms with van der Waals surface area (Å²) in [5.74, 6) is -2.13. The van der Waals surface area contributed by atoms with E-state index in [0.717, 1.165) is 6.08 Å². The van der Waals surface area contributed by atoms with E-state index in [1.807, 2.05) is 0 Å². The molecule has 0 heterocycles. The lowest BCUT2D eigenvalue weighted by atomic mass is 10.4. The maximum atomic E-state index is 11.5. The molecule has 0 rings (SSSR count). The first-order valence-electron chi connectivity index (χ1n) is 6.75. The fourth-order valence-corrected chi connectivity index (χ4v) is 3.52. The molecule has 0 aromatic heterocycles. The fraction of sp³-hybridized carbons (Fsp3) is 0.769. The van der Waals surface area contributed by atoms with Gasteiger partial charge < -0.3 is 27.5 Å². The Bertz CT molecular complexity index is 303. The van der Waals surface area contributed by atoms with E-state index in [2.05, 4.69) is 6.58 Å². The van der Waals surface area contributed by atoms with Crippen molar-refractivity contribution in [2.45, 2.75) is 32.3 Å². The quantitative estimate of drug-likeness (QED) is 0.234. The molecule has 0 aromatic rings. The van der Waals surface area contributed by atoms with Gasteiger partial charge in [-0.2, -0.15) is 0 Å². The van der Waals surface area contributed by atoms with Crippen molar-refractivity contribution in [1.82, 2.24) is 0 Å². The molecular formula is C13H26O7Si. The van der Waals surface area contributed by atoms with Gasteiger partial charge in [0.05, 0.1) is 13.2 Å². The second-order valence-electron chi connectivity index (χ2n) is 3.97. The summed E-state index contributed by atoms with van der Waals surface area (Å²) < 4.78 is 32.3. The van der Waals surface area contributed by atoms with Crippen molar-refractivity contribution >= 4 is 14.8 Å². The Morgan fingerprint density at radius 3 is 1.90 bits per heavy atom. The van der Waals surface area contributed by atoms with Gasteiger partial charge >= 0.3 is 20.7 Å². The van der Waals surface area contributed by atoms with Crippen molar-refractivity contribution in [1.29, 1.82) is 0 Å². The molecule has 0 atom stereocenters. The molecule has 124 valence electrons. The summed E-state index contributed by atoms with van der Waals surface area (Å²) in [5.41, 5.74) is 0. The van der Waals surface area contributed by atoms with Crippen molar-refractivity contribution in [3.8, 4) is 0 Å². The summed E-state index contributed by atoms with van der Waals surface area (Å²) in [6, 6.07) is 0.362. The Kier molecular flexibility index (Phi) is 9.67. The summed E-state index contributed by atoms with van der Waals surface area (Å²) >= 11 is 0. The Morgan fingerprint density at radius 2 is 1.57 bits per heavy atom. The van der Waals surface area contributed by atoms with Gasteiger partial charge in [0, 0.05) is 39.9 Å². The lowest BCUT2D eigenvalue weighted by Crippen LogP contribution is -2.47. The minimum Gasteiger partial charge on any atom is -0.405 e. The second kappa shape index (κ2) is 10.0. The molecule has 0 spiro atoms. The van der Waals surface area contributed by atoms with Crippen molar-refractivity contribution in [2.24, 2.45) is 0 Å². The van der Waals surface area contributed by atoms with E-state index in [-0.39, 0.29) is 6.42 Å². The van der Waals surface area contributed by atoms with Crippen LogP contribution in [-0.4, -0.2) is 55.3 Å². The van der Waals surface area contributed by atoms with E-state index < -0.39 is 20.7 Å². The number of esters is 1. The first-order valence-corrected chi connectivity index (χ1v) is 8.69. The minimum atomic E-state index is -2.82. The van der Waals surface area contributed by atoms with Crippen molar-refractivity contribution in [3.05, 3.63) is 12.7 Å². The Balaban J connectivity index is 5.09. The van der Waals surface area contributed by atoms with Crippen molar-refractivity contribution in [2.75, 3.05) is 34.5 Å². The molecule has 0 aliphatic heterocycles. The average molecular weight is 322 g/mol. The molecule has 21 heavy (non-hydrogen) atoms. The monoisotopic (exact) mass is 322 g/mol. The van der Waals surface area contributed by atoms with Gasteiger partial charge in [0.1, 0.15) is 0 Å². The minimum absolute atomic E-state index is 0.218. The van der Waals surface area contributed by atoms with Crippen LogP contribution in [0.15, 0.2) is 12.7 Å². The number of carbonyl (C=O) groups excluding carboxylic acids is 1. The number of carbonyl (C=O) groups is 1. The van der Waals surface area contributed by atoms with E-state index in [9.17, 15) is 4.79 Å². The summed E-state index contributed by atoms with van der Waals surface area (Å²) in [4.78, 5) is 11.5. The zero-order valence-electron chi connectivity index (χ0n) is 13.5. The third-order valence-corrected chi connectivity index (χ3v) is 5.55. The first kappa shape index (κ1) is 20.2. The van der Waals surface area contributed by atoms with Gasteiger partial charge in [-0.1, -0.05) is 6.58 Å². The van der Waals surface area contributed by atoms with Crippen LogP contribution >= 0.6 is 0 Å². The highest BCUT2D eigenvalue weighted by atomic mass is 28.4. The van der Waals surface area contributed by atoms with Crippen LogP contribution in [-0.2, 0) is 32.3 Å². The average Bonchev–Trinajstić information content (AvgIpc) is 2.49. The van der Waals surface area contributed by atoms with Gasteiger partial charge in [0.25, 0.3) is 0 Å². The van der Waals surface area contributed by atoms with Crippen LogP contribution in [0.2, 0.25) is 6.04 Å². The molecule has 0 fully saturated rings. The molecule has 7 nitrogen and oxygen atoms in total. The molecule has 0 bridgehead atoms. The molecular weight excluding hydrogens is 296 g/mol. The molecule has 0 saturated heterocycles. The largest absolute Gasteiger partial charge is 0.500 e. The van der Waals surface area contributed by atoms with E-state index >= 15 is 0 Å².